The fourth-order valence-electron chi connectivity index (χ4n) is 1.94. The van der Waals surface area contributed by atoms with E-state index in [1.54, 1.807) is 0 Å². The molecule has 0 radical (unpaired) electrons. The van der Waals surface area contributed by atoms with E-state index in [1.165, 1.54) is 18.4 Å². The van der Waals surface area contributed by atoms with Gasteiger partial charge in [0.05, 0.1) is 0 Å². The molecule has 0 atom stereocenters. The van der Waals surface area contributed by atoms with E-state index in [0.717, 1.165) is 6.54 Å². The summed E-state index contributed by atoms with van der Waals surface area (Å²) in [5, 5.41) is 3.62. The predicted molar refractivity (Wildman–Crippen MR) is 65.1 cm³/mol. The molecular formula is C14H21N. The van der Waals surface area contributed by atoms with Gasteiger partial charge in [-0.1, -0.05) is 30.3 Å². The van der Waals surface area contributed by atoms with Crippen LogP contribution in [0.5, 0.6) is 0 Å². The van der Waals surface area contributed by atoms with Crippen molar-refractivity contribution in [2.75, 3.05) is 6.54 Å². The molecule has 82 valence electrons. The van der Waals surface area contributed by atoms with Gasteiger partial charge in [-0.05, 0) is 39.2 Å². The molecule has 1 heteroatoms. The average Bonchev–Trinajstić information content (AvgIpc) is 2.96. The van der Waals surface area contributed by atoms with Gasteiger partial charge in [-0.2, -0.15) is 0 Å². The van der Waals surface area contributed by atoms with E-state index >= 15 is 0 Å². The van der Waals surface area contributed by atoms with E-state index in [-0.39, 0.29) is 5.54 Å². The van der Waals surface area contributed by atoms with Crippen LogP contribution in [0.3, 0.4) is 0 Å². The highest BCUT2D eigenvalue weighted by Gasteiger charge is 2.44. The maximum absolute atomic E-state index is 3.62. The molecule has 1 saturated carbocycles. The van der Waals surface area contributed by atoms with E-state index in [1.807, 2.05) is 0 Å². The van der Waals surface area contributed by atoms with Gasteiger partial charge in [0.2, 0.25) is 0 Å². The Morgan fingerprint density at radius 3 is 2.20 bits per heavy atom. The Kier molecular flexibility index (Phi) is 2.59. The zero-order valence-corrected chi connectivity index (χ0v) is 10.0. The highest BCUT2D eigenvalue weighted by atomic mass is 15.0. The first-order chi connectivity index (χ1) is 7.02. The van der Waals surface area contributed by atoms with E-state index in [4.69, 9.17) is 0 Å². The topological polar surface area (TPSA) is 12.0 Å². The van der Waals surface area contributed by atoms with Crippen LogP contribution >= 0.6 is 0 Å². The summed E-state index contributed by atoms with van der Waals surface area (Å²) in [4.78, 5) is 0. The molecule has 15 heavy (non-hydrogen) atoms. The summed E-state index contributed by atoms with van der Waals surface area (Å²) in [5.74, 6) is 0. The van der Waals surface area contributed by atoms with Crippen molar-refractivity contribution in [3.63, 3.8) is 0 Å². The average molecular weight is 203 g/mol. The van der Waals surface area contributed by atoms with Gasteiger partial charge in [-0.25, -0.2) is 0 Å². The fraction of sp³-hybridized carbons (Fsp3) is 0.571. The van der Waals surface area contributed by atoms with Crippen LogP contribution in [0.15, 0.2) is 30.3 Å². The normalized spacial score (nSPS) is 18.9. The smallest absolute Gasteiger partial charge is 0.00968 e. The molecule has 1 fully saturated rings. The molecule has 0 aliphatic heterocycles. The molecule has 1 aromatic rings. The van der Waals surface area contributed by atoms with E-state index in [2.05, 4.69) is 56.4 Å². The molecule has 1 aromatic carbocycles. The monoisotopic (exact) mass is 203 g/mol. The second kappa shape index (κ2) is 3.64. The quantitative estimate of drug-likeness (QED) is 0.796. The minimum atomic E-state index is 0.227. The third kappa shape index (κ3) is 2.60. The first kappa shape index (κ1) is 10.7. The van der Waals surface area contributed by atoms with Crippen molar-refractivity contribution < 1.29 is 0 Å². The summed E-state index contributed by atoms with van der Waals surface area (Å²) >= 11 is 0. The van der Waals surface area contributed by atoms with Crippen LogP contribution in [0.1, 0.15) is 39.2 Å². The van der Waals surface area contributed by atoms with E-state index < -0.39 is 0 Å². The summed E-state index contributed by atoms with van der Waals surface area (Å²) in [6.07, 6.45) is 2.67. The third-order valence-corrected chi connectivity index (χ3v) is 3.20. The number of nitrogens with one attached hydrogen (secondary N) is 1. The van der Waals surface area contributed by atoms with Crippen molar-refractivity contribution in [3.05, 3.63) is 35.9 Å². The zero-order valence-electron chi connectivity index (χ0n) is 10.0. The summed E-state index contributed by atoms with van der Waals surface area (Å²) < 4.78 is 0. The Labute approximate surface area is 92.9 Å². The van der Waals surface area contributed by atoms with Gasteiger partial charge < -0.3 is 5.32 Å². The number of hydrogen-bond acceptors (Lipinski definition) is 1. The lowest BCUT2D eigenvalue weighted by atomic mass is 9.95. The van der Waals surface area contributed by atoms with Crippen molar-refractivity contribution >= 4 is 0 Å². The molecule has 0 heterocycles. The molecule has 0 saturated heterocycles. The Hall–Kier alpha value is -0.820. The second-order valence-electron chi connectivity index (χ2n) is 5.75. The molecule has 0 aromatic heterocycles. The standard InChI is InChI=1S/C14H21N/c1-13(2,3)15-11-14(9-10-14)12-7-5-4-6-8-12/h4-8,15H,9-11H2,1-3H3. The van der Waals surface area contributed by atoms with Crippen LogP contribution in [-0.4, -0.2) is 12.1 Å². The molecule has 1 aliphatic carbocycles. The fourth-order valence-corrected chi connectivity index (χ4v) is 1.94. The minimum Gasteiger partial charge on any atom is -0.311 e. The zero-order chi connectivity index (χ0) is 10.9. The van der Waals surface area contributed by atoms with Crippen LogP contribution in [0, 0.1) is 0 Å². The summed E-state index contributed by atoms with van der Waals surface area (Å²) in [6, 6.07) is 10.9. The van der Waals surface area contributed by atoms with Gasteiger partial charge >= 0.3 is 0 Å². The molecule has 0 bridgehead atoms. The summed E-state index contributed by atoms with van der Waals surface area (Å²) in [6.45, 7) is 7.80. The third-order valence-electron chi connectivity index (χ3n) is 3.20. The number of hydrogen-bond donors (Lipinski definition) is 1. The largest absolute Gasteiger partial charge is 0.311 e. The van der Waals surface area contributed by atoms with Gasteiger partial charge in [0, 0.05) is 17.5 Å². The van der Waals surface area contributed by atoms with Crippen LogP contribution in [0.25, 0.3) is 0 Å². The lowest BCUT2D eigenvalue weighted by Gasteiger charge is -2.25. The Bertz CT molecular complexity index is 317. The van der Waals surface area contributed by atoms with Crippen molar-refractivity contribution in [1.29, 1.82) is 0 Å². The Morgan fingerprint density at radius 2 is 1.73 bits per heavy atom. The summed E-state index contributed by atoms with van der Waals surface area (Å²) in [5.41, 5.74) is 2.17. The van der Waals surface area contributed by atoms with Gasteiger partial charge in [0.15, 0.2) is 0 Å². The molecular weight excluding hydrogens is 182 g/mol. The number of benzene rings is 1. The van der Waals surface area contributed by atoms with Crippen LogP contribution in [0.4, 0.5) is 0 Å². The van der Waals surface area contributed by atoms with Crippen molar-refractivity contribution in [1.82, 2.24) is 5.32 Å². The molecule has 1 N–H and O–H groups in total. The molecule has 0 amide bonds. The van der Waals surface area contributed by atoms with Crippen molar-refractivity contribution in [3.8, 4) is 0 Å². The Morgan fingerprint density at radius 1 is 1.13 bits per heavy atom. The second-order valence-corrected chi connectivity index (χ2v) is 5.75. The molecule has 1 nitrogen and oxygen atoms in total. The molecule has 0 unspecified atom stereocenters. The van der Waals surface area contributed by atoms with E-state index in [9.17, 15) is 0 Å². The van der Waals surface area contributed by atoms with Gasteiger partial charge in [-0.15, -0.1) is 0 Å². The van der Waals surface area contributed by atoms with Crippen molar-refractivity contribution in [2.24, 2.45) is 0 Å². The first-order valence-corrected chi connectivity index (χ1v) is 5.82. The van der Waals surface area contributed by atoms with Crippen LogP contribution in [0.2, 0.25) is 0 Å². The molecule has 2 rings (SSSR count). The first-order valence-electron chi connectivity index (χ1n) is 5.82. The van der Waals surface area contributed by atoms with Crippen molar-refractivity contribution in [2.45, 2.75) is 44.6 Å². The maximum atomic E-state index is 3.62. The van der Waals surface area contributed by atoms with Gasteiger partial charge in [0.25, 0.3) is 0 Å². The SMILES string of the molecule is CC(C)(C)NCC1(c2ccccc2)CC1. The number of rotatable bonds is 3. The Balaban J connectivity index is 2.03. The van der Waals surface area contributed by atoms with E-state index in [0.29, 0.717) is 5.41 Å². The minimum absolute atomic E-state index is 0.227. The predicted octanol–water partition coefficient (Wildman–Crippen LogP) is 3.11. The van der Waals surface area contributed by atoms with Crippen LogP contribution < -0.4 is 5.32 Å². The van der Waals surface area contributed by atoms with Crippen LogP contribution in [-0.2, 0) is 5.41 Å². The van der Waals surface area contributed by atoms with Gasteiger partial charge in [-0.3, -0.25) is 0 Å². The maximum Gasteiger partial charge on any atom is 0.00968 e. The lowest BCUT2D eigenvalue weighted by Crippen LogP contribution is -2.40. The summed E-state index contributed by atoms with van der Waals surface area (Å²) in [7, 11) is 0. The molecule has 0 spiro atoms. The van der Waals surface area contributed by atoms with Gasteiger partial charge in [0.1, 0.15) is 0 Å². The lowest BCUT2D eigenvalue weighted by molar-refractivity contribution is 0.400. The molecule has 1 aliphatic rings. The highest BCUT2D eigenvalue weighted by Crippen LogP contribution is 2.47. The highest BCUT2D eigenvalue weighted by molar-refractivity contribution is 5.31.